The molecule has 0 aliphatic carbocycles. The first-order valence-corrected chi connectivity index (χ1v) is 6.00. The van der Waals surface area contributed by atoms with Gasteiger partial charge in [0, 0.05) is 4.90 Å². The van der Waals surface area contributed by atoms with E-state index < -0.39 is 4.75 Å². The van der Waals surface area contributed by atoms with E-state index in [1.54, 1.807) is 6.07 Å². The summed E-state index contributed by atoms with van der Waals surface area (Å²) in [6.07, 6.45) is 0. The van der Waals surface area contributed by atoms with Crippen molar-refractivity contribution in [1.82, 2.24) is 0 Å². The van der Waals surface area contributed by atoms with E-state index in [2.05, 4.69) is 0 Å². The molecule has 17 heavy (non-hydrogen) atoms. The lowest BCUT2D eigenvalue weighted by molar-refractivity contribution is -0.155. The van der Waals surface area contributed by atoms with Crippen LogP contribution < -0.4 is 0 Å². The first-order chi connectivity index (χ1) is 8.07. The summed E-state index contributed by atoms with van der Waals surface area (Å²) in [5.74, 6) is -0.568. The Morgan fingerprint density at radius 3 is 2.71 bits per heavy atom. The molecule has 1 aromatic rings. The number of methoxy groups -OCH3 is 1. The number of benzene rings is 1. The van der Waals surface area contributed by atoms with Crippen LogP contribution in [-0.4, -0.2) is 31.0 Å². The quantitative estimate of drug-likeness (QED) is 0.776. The summed E-state index contributed by atoms with van der Waals surface area (Å²) in [6, 6.07) is 4.52. The van der Waals surface area contributed by atoms with Crippen LogP contribution in [0.5, 0.6) is 0 Å². The third-order valence-electron chi connectivity index (χ3n) is 2.67. The van der Waals surface area contributed by atoms with Crippen molar-refractivity contribution < 1.29 is 18.7 Å². The molecular formula is C12H13FO3S. The predicted molar refractivity (Wildman–Crippen MR) is 62.6 cm³/mol. The maximum Gasteiger partial charge on any atom is 0.327 e. The smallest absolute Gasteiger partial charge is 0.327 e. The number of carbonyl (C=O) groups is 1. The molecule has 1 saturated heterocycles. The minimum atomic E-state index is -0.669. The minimum absolute atomic E-state index is 0.274. The zero-order valence-electron chi connectivity index (χ0n) is 9.66. The van der Waals surface area contributed by atoms with Gasteiger partial charge in [-0.25, -0.2) is 4.39 Å². The second-order valence-corrected chi connectivity index (χ2v) is 5.42. The fraction of sp³-hybridized carbons (Fsp3) is 0.417. The molecule has 0 saturated carbocycles. The number of esters is 1. The average Bonchev–Trinajstić information content (AvgIpc) is 2.25. The van der Waals surface area contributed by atoms with Crippen molar-refractivity contribution in [2.24, 2.45) is 0 Å². The Hall–Kier alpha value is -1.07. The molecule has 0 bridgehead atoms. The predicted octanol–water partition coefficient (Wildman–Crippen LogP) is 2.17. The molecule has 1 aliphatic rings. The number of rotatable bonds is 3. The first-order valence-electron chi connectivity index (χ1n) is 5.19. The molecule has 0 spiro atoms. The van der Waals surface area contributed by atoms with Crippen molar-refractivity contribution in [2.75, 3.05) is 20.3 Å². The first kappa shape index (κ1) is 12.4. The summed E-state index contributed by atoms with van der Waals surface area (Å²) in [4.78, 5) is 12.6. The highest BCUT2D eigenvalue weighted by atomic mass is 32.2. The maximum absolute atomic E-state index is 13.0. The molecule has 92 valence electrons. The van der Waals surface area contributed by atoms with Gasteiger partial charge < -0.3 is 9.47 Å². The Morgan fingerprint density at radius 2 is 2.24 bits per heavy atom. The molecule has 2 rings (SSSR count). The molecule has 0 atom stereocenters. The van der Waals surface area contributed by atoms with Gasteiger partial charge in [-0.2, -0.15) is 0 Å². The van der Waals surface area contributed by atoms with Gasteiger partial charge in [-0.1, -0.05) is 0 Å². The van der Waals surface area contributed by atoms with Gasteiger partial charge in [-0.15, -0.1) is 11.8 Å². The monoisotopic (exact) mass is 256 g/mol. The maximum atomic E-state index is 13.0. The van der Waals surface area contributed by atoms with Crippen molar-refractivity contribution in [1.29, 1.82) is 0 Å². The Bertz CT molecular complexity index is 443. The highest BCUT2D eigenvalue weighted by Gasteiger charge is 2.48. The standard InChI is InChI=1S/C12H13FO3S/c1-8-5-9(13)3-4-10(8)17-12(6-16-7-12)11(14)15-2/h3-5H,6-7H2,1-2H3. The van der Waals surface area contributed by atoms with Gasteiger partial charge in [0.2, 0.25) is 0 Å². The SMILES string of the molecule is COC(=O)C1(Sc2ccc(F)cc2C)COC1. The molecule has 5 heteroatoms. The van der Waals surface area contributed by atoms with Crippen LogP contribution in [0.15, 0.2) is 23.1 Å². The van der Waals surface area contributed by atoms with E-state index >= 15 is 0 Å². The van der Waals surface area contributed by atoms with E-state index in [0.29, 0.717) is 13.2 Å². The second-order valence-electron chi connectivity index (χ2n) is 3.99. The van der Waals surface area contributed by atoms with Crippen LogP contribution in [0, 0.1) is 12.7 Å². The number of carbonyl (C=O) groups excluding carboxylic acids is 1. The summed E-state index contributed by atoms with van der Waals surface area (Å²) in [5.41, 5.74) is 0.810. The topological polar surface area (TPSA) is 35.5 Å². The minimum Gasteiger partial charge on any atom is -0.468 e. The highest BCUT2D eigenvalue weighted by molar-refractivity contribution is 8.01. The Kier molecular flexibility index (Phi) is 3.40. The molecule has 1 fully saturated rings. The van der Waals surface area contributed by atoms with Gasteiger partial charge >= 0.3 is 5.97 Å². The van der Waals surface area contributed by atoms with Crippen LogP contribution in [0.4, 0.5) is 4.39 Å². The van der Waals surface area contributed by atoms with E-state index in [4.69, 9.17) is 9.47 Å². The zero-order valence-corrected chi connectivity index (χ0v) is 10.5. The molecule has 3 nitrogen and oxygen atoms in total. The van der Waals surface area contributed by atoms with Crippen LogP contribution in [0.2, 0.25) is 0 Å². The van der Waals surface area contributed by atoms with Gasteiger partial charge in [-0.05, 0) is 30.7 Å². The number of aryl methyl sites for hydroxylation is 1. The summed E-state index contributed by atoms with van der Waals surface area (Å²) in [7, 11) is 1.36. The summed E-state index contributed by atoms with van der Waals surface area (Å²) in [6.45, 7) is 2.48. The molecule has 1 aliphatic heterocycles. The van der Waals surface area contributed by atoms with E-state index in [-0.39, 0.29) is 11.8 Å². The van der Waals surface area contributed by atoms with Crippen LogP contribution in [0.1, 0.15) is 5.56 Å². The van der Waals surface area contributed by atoms with Crippen molar-refractivity contribution in [3.05, 3.63) is 29.6 Å². The lowest BCUT2D eigenvalue weighted by Gasteiger charge is -2.37. The number of ether oxygens (including phenoxy) is 2. The summed E-state index contributed by atoms with van der Waals surface area (Å²) < 4.78 is 22.2. The fourth-order valence-corrected chi connectivity index (χ4v) is 2.86. The number of thioether (sulfide) groups is 1. The molecular weight excluding hydrogens is 243 g/mol. The van der Waals surface area contributed by atoms with Gasteiger partial charge in [0.25, 0.3) is 0 Å². The van der Waals surface area contributed by atoms with Gasteiger partial charge in [0.05, 0.1) is 20.3 Å². The van der Waals surface area contributed by atoms with Crippen LogP contribution >= 0.6 is 11.8 Å². The van der Waals surface area contributed by atoms with Crippen LogP contribution in [0.25, 0.3) is 0 Å². The largest absolute Gasteiger partial charge is 0.468 e. The lowest BCUT2D eigenvalue weighted by Crippen LogP contribution is -2.53. The van der Waals surface area contributed by atoms with Gasteiger partial charge in [0.1, 0.15) is 5.82 Å². The Morgan fingerprint density at radius 1 is 1.53 bits per heavy atom. The number of hydrogen-bond donors (Lipinski definition) is 0. The van der Waals surface area contributed by atoms with Crippen molar-refractivity contribution in [2.45, 2.75) is 16.6 Å². The molecule has 1 heterocycles. The molecule has 1 aromatic carbocycles. The molecule has 0 amide bonds. The van der Waals surface area contributed by atoms with Crippen molar-refractivity contribution in [3.8, 4) is 0 Å². The average molecular weight is 256 g/mol. The van der Waals surface area contributed by atoms with Gasteiger partial charge in [0.15, 0.2) is 4.75 Å². The molecule has 0 aromatic heterocycles. The second kappa shape index (κ2) is 4.66. The van der Waals surface area contributed by atoms with Gasteiger partial charge in [-0.3, -0.25) is 4.79 Å². The van der Waals surface area contributed by atoms with Crippen LogP contribution in [-0.2, 0) is 14.3 Å². The molecule has 0 radical (unpaired) electrons. The normalized spacial score (nSPS) is 17.4. The lowest BCUT2D eigenvalue weighted by atomic mass is 10.1. The molecule has 0 unspecified atom stereocenters. The molecule has 0 N–H and O–H groups in total. The van der Waals surface area contributed by atoms with Crippen molar-refractivity contribution >= 4 is 17.7 Å². The zero-order chi connectivity index (χ0) is 12.5. The fourth-order valence-electron chi connectivity index (χ4n) is 1.63. The highest BCUT2D eigenvalue weighted by Crippen LogP contribution is 2.41. The Balaban J connectivity index is 2.21. The van der Waals surface area contributed by atoms with Crippen LogP contribution in [0.3, 0.4) is 0 Å². The van der Waals surface area contributed by atoms with E-state index in [1.807, 2.05) is 6.92 Å². The third kappa shape index (κ3) is 2.30. The van der Waals surface area contributed by atoms with E-state index in [9.17, 15) is 9.18 Å². The van der Waals surface area contributed by atoms with Crippen molar-refractivity contribution in [3.63, 3.8) is 0 Å². The van der Waals surface area contributed by atoms with E-state index in [0.717, 1.165) is 10.5 Å². The van der Waals surface area contributed by atoms with E-state index in [1.165, 1.54) is 31.0 Å². The summed E-state index contributed by atoms with van der Waals surface area (Å²) in [5, 5.41) is 0. The third-order valence-corrected chi connectivity index (χ3v) is 4.14. The summed E-state index contributed by atoms with van der Waals surface area (Å²) >= 11 is 1.38. The number of halogens is 1. The Labute approximate surface area is 103 Å². The number of hydrogen-bond acceptors (Lipinski definition) is 4.